The second-order valence-electron chi connectivity index (χ2n) is 13.8. The number of ether oxygens (including phenoxy) is 1. The minimum Gasteiger partial charge on any atom is -0.481 e. The van der Waals surface area contributed by atoms with Gasteiger partial charge >= 0.3 is 11.9 Å². The first-order valence-electron chi connectivity index (χ1n) is 20.6. The normalized spacial score (nSPS) is 12.7. The van der Waals surface area contributed by atoms with E-state index < -0.39 is 5.97 Å². The largest absolute Gasteiger partial charge is 0.481 e. The van der Waals surface area contributed by atoms with Gasteiger partial charge in [-0.15, -0.1) is 0 Å². The minimum absolute atomic E-state index is 0.00910. The van der Waals surface area contributed by atoms with Gasteiger partial charge in [-0.2, -0.15) is 0 Å². The average Bonchev–Trinajstić information content (AvgIpc) is 3.07. The zero-order valence-electron chi connectivity index (χ0n) is 31.8. The van der Waals surface area contributed by atoms with Crippen molar-refractivity contribution in [2.24, 2.45) is 0 Å². The third kappa shape index (κ3) is 38.3. The Balaban J connectivity index is 3.60. The maximum absolute atomic E-state index is 12.4. The number of rotatable bonds is 37. The zero-order chi connectivity index (χ0) is 35.0. The van der Waals surface area contributed by atoms with Gasteiger partial charge in [-0.3, -0.25) is 9.59 Å². The lowest BCUT2D eigenvalue weighted by molar-refractivity contribution is -0.150. The van der Waals surface area contributed by atoms with Crippen molar-refractivity contribution in [1.82, 2.24) is 0 Å². The Hall–Kier alpha value is -2.10. The van der Waals surface area contributed by atoms with E-state index in [1.54, 1.807) is 0 Å². The van der Waals surface area contributed by atoms with Crippen LogP contribution in [0.1, 0.15) is 213 Å². The van der Waals surface area contributed by atoms with Crippen LogP contribution in [0.25, 0.3) is 0 Å². The second-order valence-corrected chi connectivity index (χ2v) is 13.8. The van der Waals surface area contributed by atoms with E-state index in [9.17, 15) is 9.59 Å². The lowest BCUT2D eigenvalue weighted by Gasteiger charge is -2.17. The number of esters is 1. The third-order valence-corrected chi connectivity index (χ3v) is 9.03. The molecule has 1 N–H and O–H groups in total. The lowest BCUT2D eigenvalue weighted by Crippen LogP contribution is -2.18. The Labute approximate surface area is 298 Å². The molecule has 0 aliphatic rings. The summed E-state index contributed by atoms with van der Waals surface area (Å²) >= 11 is 0. The number of unbranched alkanes of at least 4 members (excludes halogenated alkanes) is 20. The van der Waals surface area contributed by atoms with Gasteiger partial charge in [-0.05, 0) is 77.0 Å². The number of carboxylic acid groups (broad SMARTS) is 1. The second kappa shape index (κ2) is 39.3. The fourth-order valence-electron chi connectivity index (χ4n) is 6.04. The van der Waals surface area contributed by atoms with E-state index in [2.05, 4.69) is 62.5 Å². The van der Waals surface area contributed by atoms with Crippen LogP contribution in [-0.4, -0.2) is 23.1 Å². The first-order chi connectivity index (χ1) is 23.6. The van der Waals surface area contributed by atoms with Gasteiger partial charge in [0.2, 0.25) is 0 Å². The predicted molar refractivity (Wildman–Crippen MR) is 209 cm³/mol. The highest BCUT2D eigenvalue weighted by Crippen LogP contribution is 2.17. The van der Waals surface area contributed by atoms with E-state index in [4.69, 9.17) is 9.84 Å². The van der Waals surface area contributed by atoms with E-state index in [1.165, 1.54) is 116 Å². The summed E-state index contributed by atoms with van der Waals surface area (Å²) < 4.78 is 5.87. The van der Waals surface area contributed by atoms with E-state index in [1.807, 2.05) is 0 Å². The maximum atomic E-state index is 12.4. The van der Waals surface area contributed by atoms with Gasteiger partial charge in [0.15, 0.2) is 0 Å². The Kier molecular flexibility index (Phi) is 37.6. The molecule has 0 aromatic carbocycles. The summed E-state index contributed by atoms with van der Waals surface area (Å²) in [6, 6.07) is 0. The number of hydrogen-bond acceptors (Lipinski definition) is 3. The standard InChI is InChI=1S/C44H78O4/c1-3-5-6-7-8-9-10-11-12-13-14-15-16-17-18-22-25-28-31-34-37-41-44(47)48-42(38-4-2)39-35-32-29-26-23-20-19-21-24-27-30-33-36-40-43(45)46/h8-9,11-12,14-15,17-18,42H,3-7,10,13,16,19-41H2,1-2H3,(H,45,46)/b9-8-,12-11-,15-14-,18-17-. The summed E-state index contributed by atoms with van der Waals surface area (Å²) in [5, 5.41) is 8.67. The minimum atomic E-state index is -0.670. The molecule has 278 valence electrons. The molecular weight excluding hydrogens is 592 g/mol. The summed E-state index contributed by atoms with van der Waals surface area (Å²) in [7, 11) is 0. The van der Waals surface area contributed by atoms with Crippen molar-refractivity contribution in [1.29, 1.82) is 0 Å². The molecule has 4 nitrogen and oxygen atoms in total. The van der Waals surface area contributed by atoms with Crippen LogP contribution in [0.2, 0.25) is 0 Å². The van der Waals surface area contributed by atoms with Gasteiger partial charge in [0, 0.05) is 12.8 Å². The highest BCUT2D eigenvalue weighted by atomic mass is 16.5. The molecule has 1 unspecified atom stereocenters. The smallest absolute Gasteiger partial charge is 0.306 e. The van der Waals surface area contributed by atoms with Gasteiger partial charge < -0.3 is 9.84 Å². The molecule has 48 heavy (non-hydrogen) atoms. The molecule has 0 aromatic heterocycles. The number of allylic oxidation sites excluding steroid dienone is 8. The van der Waals surface area contributed by atoms with E-state index in [0.717, 1.165) is 70.6 Å². The van der Waals surface area contributed by atoms with Crippen molar-refractivity contribution in [3.63, 3.8) is 0 Å². The number of carbonyl (C=O) groups excluding carboxylic acids is 1. The van der Waals surface area contributed by atoms with Crippen LogP contribution in [0.4, 0.5) is 0 Å². The van der Waals surface area contributed by atoms with Crippen LogP contribution in [0.3, 0.4) is 0 Å². The molecule has 0 spiro atoms. The summed E-state index contributed by atoms with van der Waals surface area (Å²) in [6.07, 6.45) is 53.4. The van der Waals surface area contributed by atoms with Gasteiger partial charge in [0.1, 0.15) is 6.10 Å². The topological polar surface area (TPSA) is 63.6 Å². The molecule has 0 aliphatic carbocycles. The summed E-state index contributed by atoms with van der Waals surface area (Å²) in [5.41, 5.74) is 0. The van der Waals surface area contributed by atoms with Crippen molar-refractivity contribution in [3.8, 4) is 0 Å². The van der Waals surface area contributed by atoms with Crippen molar-refractivity contribution in [2.75, 3.05) is 0 Å². The summed E-state index contributed by atoms with van der Waals surface area (Å²) in [6.45, 7) is 4.43. The van der Waals surface area contributed by atoms with Crippen LogP contribution in [0, 0.1) is 0 Å². The fraction of sp³-hybridized carbons (Fsp3) is 0.773. The Bertz CT molecular complexity index is 809. The predicted octanol–water partition coefficient (Wildman–Crippen LogP) is 14.3. The SMILES string of the molecule is CCCCC/C=C\C/C=C\C/C=C\C/C=C\CCCCCCCC(=O)OC(CCC)CCCCCCCCCCCCCCCC(=O)O. The molecular formula is C44H78O4. The molecule has 0 heterocycles. The van der Waals surface area contributed by atoms with Gasteiger partial charge in [0.25, 0.3) is 0 Å². The van der Waals surface area contributed by atoms with Crippen molar-refractivity contribution >= 4 is 11.9 Å². The molecule has 0 rings (SSSR count). The number of carboxylic acids is 1. The summed E-state index contributed by atoms with van der Waals surface area (Å²) in [5.74, 6) is -0.661. The van der Waals surface area contributed by atoms with E-state index >= 15 is 0 Å². The number of carbonyl (C=O) groups is 2. The summed E-state index contributed by atoms with van der Waals surface area (Å²) in [4.78, 5) is 23.0. The molecule has 0 aliphatic heterocycles. The van der Waals surface area contributed by atoms with Gasteiger partial charge in [-0.1, -0.05) is 172 Å². The highest BCUT2D eigenvalue weighted by molar-refractivity contribution is 5.69. The molecule has 0 aromatic rings. The van der Waals surface area contributed by atoms with Gasteiger partial charge in [-0.25, -0.2) is 0 Å². The van der Waals surface area contributed by atoms with Crippen molar-refractivity contribution in [3.05, 3.63) is 48.6 Å². The Morgan fingerprint density at radius 3 is 1.31 bits per heavy atom. The Morgan fingerprint density at radius 1 is 0.458 bits per heavy atom. The maximum Gasteiger partial charge on any atom is 0.306 e. The molecule has 0 bridgehead atoms. The zero-order valence-corrected chi connectivity index (χ0v) is 31.8. The lowest BCUT2D eigenvalue weighted by atomic mass is 10.0. The molecule has 0 fully saturated rings. The molecule has 4 heteroatoms. The van der Waals surface area contributed by atoms with Gasteiger partial charge in [0.05, 0.1) is 0 Å². The molecule has 0 radical (unpaired) electrons. The van der Waals surface area contributed by atoms with E-state index in [-0.39, 0.29) is 12.1 Å². The van der Waals surface area contributed by atoms with Crippen LogP contribution in [0.5, 0.6) is 0 Å². The van der Waals surface area contributed by atoms with Crippen LogP contribution in [0.15, 0.2) is 48.6 Å². The van der Waals surface area contributed by atoms with Crippen LogP contribution >= 0.6 is 0 Å². The Morgan fingerprint density at radius 2 is 0.854 bits per heavy atom. The molecule has 0 saturated carbocycles. The number of hydrogen-bond donors (Lipinski definition) is 1. The average molecular weight is 671 g/mol. The number of aliphatic carboxylic acids is 1. The molecule has 0 amide bonds. The van der Waals surface area contributed by atoms with Crippen molar-refractivity contribution < 1.29 is 19.4 Å². The van der Waals surface area contributed by atoms with Crippen LogP contribution in [-0.2, 0) is 14.3 Å². The highest BCUT2D eigenvalue weighted by Gasteiger charge is 2.13. The fourth-order valence-corrected chi connectivity index (χ4v) is 6.04. The van der Waals surface area contributed by atoms with Crippen molar-refractivity contribution in [2.45, 2.75) is 219 Å². The third-order valence-electron chi connectivity index (χ3n) is 9.03. The van der Waals surface area contributed by atoms with Crippen LogP contribution < -0.4 is 0 Å². The quantitative estimate of drug-likeness (QED) is 0.0406. The van der Waals surface area contributed by atoms with E-state index in [0.29, 0.717) is 12.8 Å². The first kappa shape index (κ1) is 45.9. The molecule has 1 atom stereocenters. The molecule has 0 saturated heterocycles. The monoisotopic (exact) mass is 671 g/mol. The first-order valence-corrected chi connectivity index (χ1v) is 20.6.